The Hall–Kier alpha value is -2.00. The normalized spacial score (nSPS) is 19.5. The maximum Gasteiger partial charge on any atom is 0.129 e. The van der Waals surface area contributed by atoms with E-state index in [0.717, 1.165) is 22.6 Å². The number of rotatable bonds is 3. The Kier molecular flexibility index (Phi) is 3.60. The smallest absolute Gasteiger partial charge is 0.129 e. The summed E-state index contributed by atoms with van der Waals surface area (Å²) in [6, 6.07) is 15.8. The summed E-state index contributed by atoms with van der Waals surface area (Å²) in [4.78, 5) is 0. The third-order valence-corrected chi connectivity index (χ3v) is 3.87. The lowest BCUT2D eigenvalue weighted by molar-refractivity contribution is -0.0412. The molecule has 3 heteroatoms. The molecule has 3 rings (SSSR count). The van der Waals surface area contributed by atoms with E-state index in [-0.39, 0.29) is 0 Å². The predicted molar refractivity (Wildman–Crippen MR) is 81.6 cm³/mol. The molecule has 0 radical (unpaired) electrons. The molecule has 3 nitrogen and oxygen atoms in total. The average molecular weight is 284 g/mol. The minimum absolute atomic E-state index is 0.505. The molecular formula is C18H20O3. The molecule has 1 unspecified atom stereocenters. The van der Waals surface area contributed by atoms with Crippen LogP contribution in [-0.4, -0.2) is 16.8 Å². The zero-order valence-corrected chi connectivity index (χ0v) is 12.4. The van der Waals surface area contributed by atoms with Gasteiger partial charge in [-0.05, 0) is 37.6 Å². The fourth-order valence-electron chi connectivity index (χ4n) is 2.45. The molecule has 1 atom stereocenters. The highest BCUT2D eigenvalue weighted by Gasteiger charge is 2.35. The van der Waals surface area contributed by atoms with Crippen LogP contribution >= 0.6 is 0 Å². The van der Waals surface area contributed by atoms with Gasteiger partial charge in [-0.1, -0.05) is 30.3 Å². The third kappa shape index (κ3) is 3.03. The Morgan fingerprint density at radius 3 is 2.71 bits per heavy atom. The maximum absolute atomic E-state index is 10.1. The van der Waals surface area contributed by atoms with E-state index in [1.807, 2.05) is 62.4 Å². The fourth-order valence-corrected chi connectivity index (χ4v) is 2.45. The molecule has 1 aliphatic heterocycles. The number of hydrogen-bond donors (Lipinski definition) is 1. The van der Waals surface area contributed by atoms with Crippen LogP contribution in [0.15, 0.2) is 48.5 Å². The molecule has 2 aromatic rings. The van der Waals surface area contributed by atoms with E-state index in [9.17, 15) is 5.11 Å². The molecule has 0 amide bonds. The molecular weight excluding hydrogens is 264 g/mol. The molecule has 0 aromatic heterocycles. The van der Waals surface area contributed by atoms with Gasteiger partial charge in [0.1, 0.15) is 23.7 Å². The maximum atomic E-state index is 10.1. The summed E-state index contributed by atoms with van der Waals surface area (Å²) >= 11 is 0. The van der Waals surface area contributed by atoms with Gasteiger partial charge in [0, 0.05) is 12.0 Å². The number of aliphatic hydroxyl groups is 1. The molecule has 0 saturated carbocycles. The van der Waals surface area contributed by atoms with E-state index in [2.05, 4.69) is 0 Å². The van der Waals surface area contributed by atoms with Gasteiger partial charge < -0.3 is 14.6 Å². The summed E-state index contributed by atoms with van der Waals surface area (Å²) in [5.41, 5.74) is 1.58. The number of ether oxygens (including phenoxy) is 2. The molecule has 0 saturated heterocycles. The topological polar surface area (TPSA) is 38.7 Å². The molecule has 1 aliphatic rings. The van der Waals surface area contributed by atoms with E-state index in [4.69, 9.17) is 9.47 Å². The van der Waals surface area contributed by atoms with Gasteiger partial charge in [0.2, 0.25) is 0 Å². The van der Waals surface area contributed by atoms with E-state index in [1.54, 1.807) is 0 Å². The SMILES string of the molecule is CC1(C)Oc2ccc(OCc3ccccc3)cc2CC1O. The first-order chi connectivity index (χ1) is 10.0. The van der Waals surface area contributed by atoms with Crippen molar-refractivity contribution in [3.8, 4) is 11.5 Å². The molecule has 0 fully saturated rings. The van der Waals surface area contributed by atoms with Gasteiger partial charge in [-0.3, -0.25) is 0 Å². The van der Waals surface area contributed by atoms with Crippen LogP contribution in [0, 0.1) is 0 Å². The first-order valence-electron chi connectivity index (χ1n) is 7.21. The van der Waals surface area contributed by atoms with Crippen molar-refractivity contribution in [2.45, 2.75) is 38.6 Å². The number of hydrogen-bond acceptors (Lipinski definition) is 3. The minimum atomic E-state index is -0.542. The molecule has 110 valence electrons. The van der Waals surface area contributed by atoms with E-state index >= 15 is 0 Å². The van der Waals surface area contributed by atoms with Gasteiger partial charge in [0.15, 0.2) is 0 Å². The first-order valence-corrected chi connectivity index (χ1v) is 7.21. The Morgan fingerprint density at radius 2 is 1.95 bits per heavy atom. The third-order valence-electron chi connectivity index (χ3n) is 3.87. The second kappa shape index (κ2) is 5.41. The van der Waals surface area contributed by atoms with Gasteiger partial charge in [-0.15, -0.1) is 0 Å². The summed E-state index contributed by atoms with van der Waals surface area (Å²) in [7, 11) is 0. The lowest BCUT2D eigenvalue weighted by Crippen LogP contribution is -2.46. The highest BCUT2D eigenvalue weighted by molar-refractivity contribution is 5.43. The standard InChI is InChI=1S/C18H20O3/c1-18(2)17(19)11-14-10-15(8-9-16(14)21-18)20-12-13-6-4-3-5-7-13/h3-10,17,19H,11-12H2,1-2H3. The van der Waals surface area contributed by atoms with Crippen molar-refractivity contribution in [2.24, 2.45) is 0 Å². The summed E-state index contributed by atoms with van der Waals surface area (Å²) in [5.74, 6) is 1.63. The summed E-state index contributed by atoms with van der Waals surface area (Å²) in [6.45, 7) is 4.34. The van der Waals surface area contributed by atoms with Crippen molar-refractivity contribution in [3.05, 3.63) is 59.7 Å². The van der Waals surface area contributed by atoms with Crippen LogP contribution in [0.1, 0.15) is 25.0 Å². The highest BCUT2D eigenvalue weighted by atomic mass is 16.5. The Balaban J connectivity index is 1.73. The van der Waals surface area contributed by atoms with Gasteiger partial charge >= 0.3 is 0 Å². The molecule has 0 bridgehead atoms. The number of aliphatic hydroxyl groups excluding tert-OH is 1. The van der Waals surface area contributed by atoms with Crippen molar-refractivity contribution in [1.82, 2.24) is 0 Å². The zero-order chi connectivity index (χ0) is 14.9. The largest absolute Gasteiger partial charge is 0.489 e. The lowest BCUT2D eigenvalue weighted by atomic mass is 9.91. The molecule has 0 spiro atoms. The predicted octanol–water partition coefficient (Wildman–Crippen LogP) is 3.34. The monoisotopic (exact) mass is 284 g/mol. The molecule has 0 aliphatic carbocycles. The highest BCUT2D eigenvalue weighted by Crippen LogP contribution is 2.35. The van der Waals surface area contributed by atoms with E-state index in [1.165, 1.54) is 0 Å². The van der Waals surface area contributed by atoms with Crippen LogP contribution in [0.5, 0.6) is 11.5 Å². The summed E-state index contributed by atoms with van der Waals surface area (Å²) < 4.78 is 11.7. The van der Waals surface area contributed by atoms with Crippen molar-refractivity contribution >= 4 is 0 Å². The Morgan fingerprint density at radius 1 is 1.19 bits per heavy atom. The Bertz CT molecular complexity index is 620. The zero-order valence-electron chi connectivity index (χ0n) is 12.4. The van der Waals surface area contributed by atoms with Crippen molar-refractivity contribution in [3.63, 3.8) is 0 Å². The van der Waals surface area contributed by atoms with Crippen LogP contribution in [-0.2, 0) is 13.0 Å². The van der Waals surface area contributed by atoms with E-state index < -0.39 is 11.7 Å². The van der Waals surface area contributed by atoms with Crippen molar-refractivity contribution in [1.29, 1.82) is 0 Å². The summed E-state index contributed by atoms with van der Waals surface area (Å²) in [6.07, 6.45) is 0.0830. The van der Waals surface area contributed by atoms with Crippen LogP contribution in [0.25, 0.3) is 0 Å². The van der Waals surface area contributed by atoms with Crippen molar-refractivity contribution < 1.29 is 14.6 Å². The first kappa shape index (κ1) is 14.0. The van der Waals surface area contributed by atoms with Crippen LogP contribution in [0.4, 0.5) is 0 Å². The number of benzene rings is 2. The van der Waals surface area contributed by atoms with Gasteiger partial charge in [0.05, 0.1) is 6.10 Å². The minimum Gasteiger partial charge on any atom is -0.489 e. The molecule has 2 aromatic carbocycles. The van der Waals surface area contributed by atoms with Crippen LogP contribution in [0.2, 0.25) is 0 Å². The Labute approximate surface area is 125 Å². The van der Waals surface area contributed by atoms with Gasteiger partial charge in [-0.2, -0.15) is 0 Å². The average Bonchev–Trinajstić information content (AvgIpc) is 2.47. The fraction of sp³-hybridized carbons (Fsp3) is 0.333. The molecule has 1 N–H and O–H groups in total. The van der Waals surface area contributed by atoms with E-state index in [0.29, 0.717) is 13.0 Å². The molecule has 21 heavy (non-hydrogen) atoms. The molecule has 1 heterocycles. The van der Waals surface area contributed by atoms with Gasteiger partial charge in [-0.25, -0.2) is 0 Å². The lowest BCUT2D eigenvalue weighted by Gasteiger charge is -2.37. The van der Waals surface area contributed by atoms with Crippen LogP contribution in [0.3, 0.4) is 0 Å². The van der Waals surface area contributed by atoms with Crippen LogP contribution < -0.4 is 9.47 Å². The number of fused-ring (bicyclic) bond motifs is 1. The van der Waals surface area contributed by atoms with Gasteiger partial charge in [0.25, 0.3) is 0 Å². The quantitative estimate of drug-likeness (QED) is 0.939. The summed E-state index contributed by atoms with van der Waals surface area (Å²) in [5, 5.41) is 10.1. The second-order valence-electron chi connectivity index (χ2n) is 5.97. The van der Waals surface area contributed by atoms with Crippen molar-refractivity contribution in [2.75, 3.05) is 0 Å². The second-order valence-corrected chi connectivity index (χ2v) is 5.97.